The van der Waals surface area contributed by atoms with Crippen molar-refractivity contribution in [3.8, 4) is 0 Å². The summed E-state index contributed by atoms with van der Waals surface area (Å²) in [5.41, 5.74) is 5.18. The first-order chi connectivity index (χ1) is 17.1. The molecule has 0 fully saturated rings. The largest absolute Gasteiger partial charge is 0.117 e. The van der Waals surface area contributed by atoms with E-state index in [1.807, 2.05) is 0 Å². The van der Waals surface area contributed by atoms with Crippen molar-refractivity contribution in [1.82, 2.24) is 0 Å². The van der Waals surface area contributed by atoms with Crippen molar-refractivity contribution in [2.24, 2.45) is 0 Å². The second-order valence-corrected chi connectivity index (χ2v) is 14.0. The van der Waals surface area contributed by atoms with Crippen LogP contribution >= 0.6 is 26.4 Å². The molecular weight excluding hydrogens is 477 g/mol. The van der Waals surface area contributed by atoms with E-state index in [-0.39, 0.29) is 9.79 Å². The Morgan fingerprint density at radius 3 is 0.829 bits per heavy atom. The highest BCUT2D eigenvalue weighted by atomic mass is 31.2. The van der Waals surface area contributed by atoms with Gasteiger partial charge >= 0.3 is 0 Å². The molecule has 0 aliphatic carbocycles. The third-order valence-electron chi connectivity index (χ3n) is 6.58. The van der Waals surface area contributed by atoms with Crippen LogP contribution in [-0.2, 0) is 9.79 Å². The molecule has 0 amide bonds. The predicted octanol–water partition coefficient (Wildman–Crippen LogP) is 8.35. The van der Waals surface area contributed by atoms with Crippen LogP contribution < -0.4 is 5.30 Å². The average molecular weight is 507 g/mol. The van der Waals surface area contributed by atoms with Gasteiger partial charge in [0.05, 0.1) is 9.79 Å². The summed E-state index contributed by atoms with van der Waals surface area (Å²) in [6.45, 7) is 0. The van der Waals surface area contributed by atoms with Gasteiger partial charge in [-0.25, -0.2) is 0 Å². The number of hydrogen-bond acceptors (Lipinski definition) is 0. The molecule has 0 aliphatic rings. The molecular formula is C32H29P3. The lowest BCUT2D eigenvalue weighted by Crippen LogP contribution is -2.34. The summed E-state index contributed by atoms with van der Waals surface area (Å²) >= 11 is 0. The Morgan fingerprint density at radius 1 is 0.343 bits per heavy atom. The first kappa shape index (κ1) is 24.1. The van der Waals surface area contributed by atoms with Crippen LogP contribution in [-0.4, -0.2) is 0 Å². The summed E-state index contributed by atoms with van der Waals surface area (Å²) in [5.74, 6) is 0. The molecule has 2 atom stereocenters. The van der Waals surface area contributed by atoms with E-state index in [1.165, 1.54) is 27.6 Å². The molecule has 0 saturated carbocycles. The fourth-order valence-corrected chi connectivity index (χ4v) is 11.7. The normalized spacial score (nSPS) is 12.0. The van der Waals surface area contributed by atoms with Crippen LogP contribution in [0, 0.1) is 0 Å². The Morgan fingerprint density at radius 2 is 0.571 bits per heavy atom. The highest BCUT2D eigenvalue weighted by Gasteiger charge is 2.50. The molecule has 0 aromatic heterocycles. The van der Waals surface area contributed by atoms with Crippen LogP contribution in [0.25, 0.3) is 0 Å². The Hall–Kier alpha value is -2.61. The van der Waals surface area contributed by atoms with Crippen LogP contribution in [0.3, 0.4) is 0 Å². The molecule has 0 spiro atoms. The molecule has 2 unspecified atom stereocenters. The molecule has 0 saturated heterocycles. The van der Waals surface area contributed by atoms with Crippen molar-refractivity contribution in [3.05, 3.63) is 174 Å². The SMILES string of the molecule is PC(c1ccccc1)(c1ccccc1)P(c1ccccc1)C(P)(c1ccccc1)c1ccccc1. The standard InChI is InChI=1S/C32H29P3/c33-31(26-16-6-1-7-17-26,27-18-8-2-9-19-27)35(30-24-14-5-15-25-30)32(34,28-20-10-3-11-21-28)29-22-12-4-13-23-29/h1-25H,33-34H2. The minimum atomic E-state index is -0.926. The van der Waals surface area contributed by atoms with E-state index in [1.54, 1.807) is 0 Å². The van der Waals surface area contributed by atoms with Gasteiger partial charge in [0.2, 0.25) is 0 Å². The van der Waals surface area contributed by atoms with Crippen molar-refractivity contribution in [2.75, 3.05) is 0 Å². The molecule has 0 nitrogen and oxygen atoms in total. The molecule has 0 N–H and O–H groups in total. The van der Waals surface area contributed by atoms with Crippen molar-refractivity contribution in [2.45, 2.75) is 9.79 Å². The molecule has 0 bridgehead atoms. The van der Waals surface area contributed by atoms with Gasteiger partial charge in [0, 0.05) is 0 Å². The molecule has 3 heteroatoms. The lowest BCUT2D eigenvalue weighted by atomic mass is 10.0. The summed E-state index contributed by atoms with van der Waals surface area (Å²) in [4.78, 5) is -0.681. The van der Waals surface area contributed by atoms with Crippen LogP contribution in [0.1, 0.15) is 22.3 Å². The lowest BCUT2D eigenvalue weighted by molar-refractivity contribution is 0.977. The average Bonchev–Trinajstić information content (AvgIpc) is 2.95. The zero-order chi connectivity index (χ0) is 24.1. The summed E-state index contributed by atoms with van der Waals surface area (Å²) in [5, 5.41) is 1.35. The fraction of sp³-hybridized carbons (Fsp3) is 0.0625. The Labute approximate surface area is 215 Å². The lowest BCUT2D eigenvalue weighted by Gasteiger charge is -2.50. The molecule has 0 radical (unpaired) electrons. The first-order valence-electron chi connectivity index (χ1n) is 11.8. The zero-order valence-corrected chi connectivity index (χ0v) is 22.7. The van der Waals surface area contributed by atoms with Gasteiger partial charge in [-0.05, 0) is 35.5 Å². The second-order valence-electron chi connectivity index (χ2n) is 8.67. The number of benzene rings is 5. The van der Waals surface area contributed by atoms with Crippen LogP contribution in [0.15, 0.2) is 152 Å². The van der Waals surface area contributed by atoms with Gasteiger partial charge in [-0.2, -0.15) is 0 Å². The van der Waals surface area contributed by atoms with E-state index in [0.29, 0.717) is 0 Å². The first-order valence-corrected chi connectivity index (χ1v) is 14.3. The predicted molar refractivity (Wildman–Crippen MR) is 160 cm³/mol. The van der Waals surface area contributed by atoms with Crippen LogP contribution in [0.5, 0.6) is 0 Å². The molecule has 172 valence electrons. The minimum Gasteiger partial charge on any atom is -0.117 e. The van der Waals surface area contributed by atoms with Crippen LogP contribution in [0.4, 0.5) is 0 Å². The van der Waals surface area contributed by atoms with Gasteiger partial charge < -0.3 is 0 Å². The van der Waals surface area contributed by atoms with Crippen LogP contribution in [0.2, 0.25) is 0 Å². The Bertz CT molecular complexity index is 1170. The van der Waals surface area contributed by atoms with Gasteiger partial charge in [-0.15, -0.1) is 18.5 Å². The monoisotopic (exact) mass is 506 g/mol. The third kappa shape index (κ3) is 4.53. The van der Waals surface area contributed by atoms with E-state index in [9.17, 15) is 0 Å². The summed E-state index contributed by atoms with van der Waals surface area (Å²) < 4.78 is 0. The van der Waals surface area contributed by atoms with E-state index in [4.69, 9.17) is 0 Å². The van der Waals surface area contributed by atoms with E-state index in [0.717, 1.165) is 0 Å². The van der Waals surface area contributed by atoms with Gasteiger partial charge in [0.15, 0.2) is 0 Å². The van der Waals surface area contributed by atoms with Gasteiger partial charge in [0.25, 0.3) is 0 Å². The molecule has 5 aromatic carbocycles. The third-order valence-corrected chi connectivity index (χ3v) is 12.7. The van der Waals surface area contributed by atoms with E-state index >= 15 is 0 Å². The number of hydrogen-bond donors (Lipinski definition) is 0. The summed E-state index contributed by atoms with van der Waals surface area (Å²) in [6, 6.07) is 55.0. The van der Waals surface area contributed by atoms with Gasteiger partial charge in [0.1, 0.15) is 0 Å². The Kier molecular flexibility index (Phi) is 7.27. The van der Waals surface area contributed by atoms with Gasteiger partial charge in [-0.1, -0.05) is 152 Å². The Balaban J connectivity index is 1.90. The van der Waals surface area contributed by atoms with Crippen molar-refractivity contribution < 1.29 is 0 Å². The maximum absolute atomic E-state index is 3.34. The molecule has 0 aliphatic heterocycles. The smallest absolute Gasteiger partial charge is 0.0595 e. The fourth-order valence-electron chi connectivity index (χ4n) is 4.88. The summed E-state index contributed by atoms with van der Waals surface area (Å²) in [6.07, 6.45) is 0. The maximum atomic E-state index is 3.34. The molecule has 35 heavy (non-hydrogen) atoms. The second kappa shape index (κ2) is 10.6. The maximum Gasteiger partial charge on any atom is 0.0595 e. The molecule has 0 heterocycles. The summed E-state index contributed by atoms with van der Waals surface area (Å²) in [7, 11) is 5.75. The number of rotatable bonds is 7. The topological polar surface area (TPSA) is 0 Å². The highest BCUT2D eigenvalue weighted by molar-refractivity contribution is 7.78. The van der Waals surface area contributed by atoms with E-state index in [2.05, 4.69) is 170 Å². The minimum absolute atomic E-state index is 0.341. The zero-order valence-electron chi connectivity index (χ0n) is 19.5. The van der Waals surface area contributed by atoms with E-state index < -0.39 is 7.92 Å². The molecule has 5 aromatic rings. The van der Waals surface area contributed by atoms with Crippen molar-refractivity contribution in [3.63, 3.8) is 0 Å². The van der Waals surface area contributed by atoms with Gasteiger partial charge in [-0.3, -0.25) is 0 Å². The van der Waals surface area contributed by atoms with Crippen molar-refractivity contribution in [1.29, 1.82) is 0 Å². The highest BCUT2D eigenvalue weighted by Crippen LogP contribution is 2.76. The van der Waals surface area contributed by atoms with Crippen molar-refractivity contribution >= 4 is 31.7 Å². The molecule has 5 rings (SSSR count). The quantitative estimate of drug-likeness (QED) is 0.195.